The van der Waals surface area contributed by atoms with Crippen molar-refractivity contribution in [3.8, 4) is 5.75 Å². The summed E-state index contributed by atoms with van der Waals surface area (Å²) < 4.78 is 5.44. The lowest BCUT2D eigenvalue weighted by Crippen LogP contribution is -2.28. The van der Waals surface area contributed by atoms with Crippen molar-refractivity contribution in [3.63, 3.8) is 0 Å². The standard InChI is InChI=1S/C19H17ClN4O3S/c1-12-4-2-7-15(8-12)27-11-16(25)21-10-17-23-24-19(28-17)18(26)22-14-6-3-5-13(20)9-14/h2-9H,10-11H2,1H3,(H,21,25)(H,22,26). The number of aromatic nitrogens is 2. The first-order chi connectivity index (χ1) is 13.5. The summed E-state index contributed by atoms with van der Waals surface area (Å²) >= 11 is 6.99. The minimum Gasteiger partial charge on any atom is -0.484 e. The van der Waals surface area contributed by atoms with Gasteiger partial charge < -0.3 is 15.4 Å². The van der Waals surface area contributed by atoms with Gasteiger partial charge in [0.2, 0.25) is 5.01 Å². The highest BCUT2D eigenvalue weighted by Crippen LogP contribution is 2.17. The molecule has 7 nitrogen and oxygen atoms in total. The molecule has 2 N–H and O–H groups in total. The molecule has 0 bridgehead atoms. The third-order valence-electron chi connectivity index (χ3n) is 3.54. The number of rotatable bonds is 7. The van der Waals surface area contributed by atoms with E-state index in [0.29, 0.717) is 21.5 Å². The predicted molar refractivity (Wildman–Crippen MR) is 108 cm³/mol. The van der Waals surface area contributed by atoms with E-state index in [9.17, 15) is 9.59 Å². The molecule has 144 valence electrons. The van der Waals surface area contributed by atoms with Gasteiger partial charge in [0.1, 0.15) is 10.8 Å². The third-order valence-corrected chi connectivity index (χ3v) is 4.70. The summed E-state index contributed by atoms with van der Waals surface area (Å²) in [6.07, 6.45) is 0. The van der Waals surface area contributed by atoms with Gasteiger partial charge in [-0.15, -0.1) is 10.2 Å². The molecule has 0 aliphatic rings. The number of anilines is 1. The topological polar surface area (TPSA) is 93.2 Å². The summed E-state index contributed by atoms with van der Waals surface area (Å²) in [5.41, 5.74) is 1.62. The van der Waals surface area contributed by atoms with E-state index in [1.165, 1.54) is 0 Å². The number of halogens is 1. The fourth-order valence-corrected chi connectivity index (χ4v) is 3.11. The Kier molecular flexibility index (Phi) is 6.57. The van der Waals surface area contributed by atoms with Crippen LogP contribution in [0.1, 0.15) is 20.4 Å². The fraction of sp³-hybridized carbons (Fsp3) is 0.158. The molecule has 2 aromatic carbocycles. The summed E-state index contributed by atoms with van der Waals surface area (Å²) in [7, 11) is 0. The van der Waals surface area contributed by atoms with E-state index >= 15 is 0 Å². The number of benzene rings is 2. The molecule has 3 rings (SSSR count). The van der Waals surface area contributed by atoms with Crippen LogP contribution in [0.25, 0.3) is 0 Å². The van der Waals surface area contributed by atoms with Crippen LogP contribution in [-0.4, -0.2) is 28.6 Å². The molecule has 0 fully saturated rings. The Morgan fingerprint density at radius 1 is 1.14 bits per heavy atom. The summed E-state index contributed by atoms with van der Waals surface area (Å²) in [4.78, 5) is 24.1. The van der Waals surface area contributed by atoms with Gasteiger partial charge in [0.05, 0.1) is 6.54 Å². The number of aryl methyl sites for hydroxylation is 1. The molecule has 0 aliphatic heterocycles. The quantitative estimate of drug-likeness (QED) is 0.615. The SMILES string of the molecule is Cc1cccc(OCC(=O)NCc2nnc(C(=O)Nc3cccc(Cl)c3)s2)c1. The minimum atomic E-state index is -0.389. The Bertz CT molecular complexity index is 993. The molecule has 28 heavy (non-hydrogen) atoms. The van der Waals surface area contributed by atoms with Crippen LogP contribution in [0.5, 0.6) is 5.75 Å². The predicted octanol–water partition coefficient (Wildman–Crippen LogP) is 3.45. The number of nitrogens with zero attached hydrogens (tertiary/aromatic N) is 2. The molecule has 0 spiro atoms. The van der Waals surface area contributed by atoms with Gasteiger partial charge in [0.25, 0.3) is 11.8 Å². The van der Waals surface area contributed by atoms with Gasteiger partial charge in [-0.25, -0.2) is 0 Å². The zero-order valence-electron chi connectivity index (χ0n) is 14.9. The molecule has 1 aromatic heterocycles. The second-order valence-electron chi connectivity index (χ2n) is 5.85. The van der Waals surface area contributed by atoms with Crippen LogP contribution in [0.4, 0.5) is 5.69 Å². The Hall–Kier alpha value is -2.97. The molecule has 3 aromatic rings. The molecule has 0 saturated carbocycles. The zero-order chi connectivity index (χ0) is 19.9. The van der Waals surface area contributed by atoms with Crippen molar-refractivity contribution < 1.29 is 14.3 Å². The van der Waals surface area contributed by atoms with E-state index < -0.39 is 0 Å². The molecule has 0 radical (unpaired) electrons. The Morgan fingerprint density at radius 2 is 1.96 bits per heavy atom. The lowest BCUT2D eigenvalue weighted by atomic mass is 10.2. The zero-order valence-corrected chi connectivity index (χ0v) is 16.5. The van der Waals surface area contributed by atoms with Gasteiger partial charge in [0.15, 0.2) is 6.61 Å². The first-order valence-electron chi connectivity index (χ1n) is 8.35. The van der Waals surface area contributed by atoms with Crippen molar-refractivity contribution in [1.29, 1.82) is 0 Å². The molecular formula is C19H17ClN4O3S. The average molecular weight is 417 g/mol. The van der Waals surface area contributed by atoms with Crippen molar-refractivity contribution in [2.45, 2.75) is 13.5 Å². The Balaban J connectivity index is 1.47. The second-order valence-corrected chi connectivity index (χ2v) is 7.35. The van der Waals surface area contributed by atoms with E-state index in [2.05, 4.69) is 20.8 Å². The average Bonchev–Trinajstić information content (AvgIpc) is 3.14. The first kappa shape index (κ1) is 19.8. The number of carbonyl (C=O) groups is 2. The maximum atomic E-state index is 12.2. The molecule has 1 heterocycles. The van der Waals surface area contributed by atoms with Gasteiger partial charge in [-0.05, 0) is 42.8 Å². The van der Waals surface area contributed by atoms with Gasteiger partial charge in [-0.2, -0.15) is 0 Å². The fourth-order valence-electron chi connectivity index (χ4n) is 2.25. The van der Waals surface area contributed by atoms with Crippen LogP contribution in [0, 0.1) is 6.92 Å². The van der Waals surface area contributed by atoms with Crippen LogP contribution in [0.15, 0.2) is 48.5 Å². The van der Waals surface area contributed by atoms with Crippen LogP contribution in [-0.2, 0) is 11.3 Å². The number of hydrogen-bond acceptors (Lipinski definition) is 6. The molecule has 0 saturated heterocycles. The Labute approximate surface area is 170 Å². The monoisotopic (exact) mass is 416 g/mol. The van der Waals surface area contributed by atoms with Crippen molar-refractivity contribution >= 4 is 40.4 Å². The van der Waals surface area contributed by atoms with E-state index in [4.69, 9.17) is 16.3 Å². The number of amides is 2. The van der Waals surface area contributed by atoms with Gasteiger partial charge in [-0.1, -0.05) is 41.1 Å². The van der Waals surface area contributed by atoms with E-state index in [-0.39, 0.29) is 30.0 Å². The van der Waals surface area contributed by atoms with E-state index in [1.54, 1.807) is 30.3 Å². The van der Waals surface area contributed by atoms with Crippen molar-refractivity contribution in [3.05, 3.63) is 69.1 Å². The summed E-state index contributed by atoms with van der Waals surface area (Å²) in [6, 6.07) is 14.3. The highest BCUT2D eigenvalue weighted by molar-refractivity contribution is 7.13. The normalized spacial score (nSPS) is 10.4. The number of hydrogen-bond donors (Lipinski definition) is 2. The van der Waals surface area contributed by atoms with Crippen molar-refractivity contribution in [2.24, 2.45) is 0 Å². The largest absolute Gasteiger partial charge is 0.484 e. The molecular weight excluding hydrogens is 400 g/mol. The first-order valence-corrected chi connectivity index (χ1v) is 9.54. The molecule has 0 unspecified atom stereocenters. The lowest BCUT2D eigenvalue weighted by molar-refractivity contribution is -0.123. The molecule has 0 atom stereocenters. The van der Waals surface area contributed by atoms with E-state index in [1.807, 2.05) is 25.1 Å². The van der Waals surface area contributed by atoms with Crippen molar-refractivity contribution in [1.82, 2.24) is 15.5 Å². The van der Waals surface area contributed by atoms with Crippen LogP contribution in [0.3, 0.4) is 0 Å². The van der Waals surface area contributed by atoms with Gasteiger partial charge >= 0.3 is 0 Å². The third kappa shape index (κ3) is 5.77. The highest BCUT2D eigenvalue weighted by Gasteiger charge is 2.14. The van der Waals surface area contributed by atoms with Gasteiger partial charge in [0, 0.05) is 10.7 Å². The van der Waals surface area contributed by atoms with Crippen LogP contribution >= 0.6 is 22.9 Å². The van der Waals surface area contributed by atoms with E-state index in [0.717, 1.165) is 16.9 Å². The van der Waals surface area contributed by atoms with Gasteiger partial charge in [-0.3, -0.25) is 9.59 Å². The smallest absolute Gasteiger partial charge is 0.286 e. The maximum absolute atomic E-state index is 12.2. The second kappa shape index (κ2) is 9.29. The van der Waals surface area contributed by atoms with Crippen LogP contribution < -0.4 is 15.4 Å². The lowest BCUT2D eigenvalue weighted by Gasteiger charge is -2.06. The summed E-state index contributed by atoms with van der Waals surface area (Å²) in [6.45, 7) is 2.00. The number of carbonyl (C=O) groups excluding carboxylic acids is 2. The van der Waals surface area contributed by atoms with Crippen molar-refractivity contribution in [2.75, 3.05) is 11.9 Å². The Morgan fingerprint density at radius 3 is 2.75 bits per heavy atom. The number of ether oxygens (including phenoxy) is 1. The molecule has 9 heteroatoms. The summed E-state index contributed by atoms with van der Waals surface area (Å²) in [5.74, 6) is -0.0483. The molecule has 0 aliphatic carbocycles. The minimum absolute atomic E-state index is 0.107. The molecule has 2 amide bonds. The number of nitrogens with one attached hydrogen (secondary N) is 2. The maximum Gasteiger partial charge on any atom is 0.286 e. The summed E-state index contributed by atoms with van der Waals surface area (Å²) in [5, 5.41) is 14.4. The highest BCUT2D eigenvalue weighted by atomic mass is 35.5. The van der Waals surface area contributed by atoms with Crippen LogP contribution in [0.2, 0.25) is 5.02 Å².